The van der Waals surface area contributed by atoms with E-state index in [-0.39, 0.29) is 0 Å². The molecule has 0 radical (unpaired) electrons. The van der Waals surface area contributed by atoms with Crippen LogP contribution < -0.4 is 0 Å². The highest BCUT2D eigenvalue weighted by Crippen LogP contribution is 2.18. The van der Waals surface area contributed by atoms with Crippen molar-refractivity contribution in [2.45, 2.75) is 38.3 Å². The third kappa shape index (κ3) is 4.09. The molecule has 0 aromatic rings. The predicted molar refractivity (Wildman–Crippen MR) is 64.2 cm³/mol. The lowest BCUT2D eigenvalue weighted by atomic mass is 10.1. The summed E-state index contributed by atoms with van der Waals surface area (Å²) in [4.78, 5) is 4.87. The molecule has 0 aromatic carbocycles. The minimum absolute atomic E-state index is 0.471. The second-order valence-corrected chi connectivity index (χ2v) is 4.80. The van der Waals surface area contributed by atoms with E-state index < -0.39 is 0 Å². The number of hydrogen-bond donors (Lipinski definition) is 0. The van der Waals surface area contributed by atoms with Crippen molar-refractivity contribution in [3.63, 3.8) is 0 Å². The molecule has 0 amide bonds. The second-order valence-electron chi connectivity index (χ2n) is 4.80. The summed E-state index contributed by atoms with van der Waals surface area (Å²) in [5, 5.41) is 0. The Bertz CT molecular complexity index is 173. The summed E-state index contributed by atoms with van der Waals surface area (Å²) in [7, 11) is 6.12. The van der Waals surface area contributed by atoms with E-state index in [0.717, 1.165) is 12.6 Å². The zero-order valence-corrected chi connectivity index (χ0v) is 10.7. The van der Waals surface area contributed by atoms with E-state index in [0.29, 0.717) is 6.10 Å². The van der Waals surface area contributed by atoms with Crippen molar-refractivity contribution in [2.24, 2.45) is 0 Å². The molecule has 3 nitrogen and oxygen atoms in total. The van der Waals surface area contributed by atoms with Crippen LogP contribution in [-0.4, -0.2) is 62.8 Å². The van der Waals surface area contributed by atoms with Crippen LogP contribution >= 0.6 is 0 Å². The lowest BCUT2D eigenvalue weighted by Crippen LogP contribution is -2.36. The number of rotatable bonds is 6. The Morgan fingerprint density at radius 1 is 1.47 bits per heavy atom. The molecule has 15 heavy (non-hydrogen) atoms. The molecule has 0 saturated carbocycles. The van der Waals surface area contributed by atoms with Crippen molar-refractivity contribution >= 4 is 0 Å². The Kier molecular flexibility index (Phi) is 5.58. The summed E-state index contributed by atoms with van der Waals surface area (Å²) >= 11 is 0. The molecule has 90 valence electrons. The topological polar surface area (TPSA) is 15.7 Å². The quantitative estimate of drug-likeness (QED) is 0.665. The number of ether oxygens (including phenoxy) is 1. The molecule has 0 bridgehead atoms. The maximum absolute atomic E-state index is 5.41. The standard InChI is InChI=1S/C12H26N2O/c1-5-11(6-8-13(2)3)14-9-7-12(10-14)15-4/h11-12H,5-10H2,1-4H3. The molecule has 2 atom stereocenters. The first kappa shape index (κ1) is 12.9. The van der Waals surface area contributed by atoms with E-state index in [1.807, 2.05) is 7.11 Å². The van der Waals surface area contributed by atoms with Crippen LogP contribution in [0.4, 0.5) is 0 Å². The fourth-order valence-electron chi connectivity index (χ4n) is 2.33. The van der Waals surface area contributed by atoms with Gasteiger partial charge in [0.25, 0.3) is 0 Å². The van der Waals surface area contributed by atoms with Crippen LogP contribution in [0.25, 0.3) is 0 Å². The largest absolute Gasteiger partial charge is 0.380 e. The van der Waals surface area contributed by atoms with Crippen LogP contribution in [-0.2, 0) is 4.74 Å². The average Bonchev–Trinajstić information content (AvgIpc) is 2.67. The van der Waals surface area contributed by atoms with E-state index in [1.54, 1.807) is 0 Å². The third-order valence-electron chi connectivity index (χ3n) is 3.41. The van der Waals surface area contributed by atoms with Crippen LogP contribution in [0.1, 0.15) is 26.2 Å². The van der Waals surface area contributed by atoms with E-state index in [2.05, 4.69) is 30.8 Å². The van der Waals surface area contributed by atoms with Gasteiger partial charge in [-0.1, -0.05) is 6.92 Å². The van der Waals surface area contributed by atoms with Crippen LogP contribution in [0.3, 0.4) is 0 Å². The van der Waals surface area contributed by atoms with Crippen molar-refractivity contribution in [2.75, 3.05) is 40.8 Å². The van der Waals surface area contributed by atoms with Gasteiger partial charge in [-0.15, -0.1) is 0 Å². The lowest BCUT2D eigenvalue weighted by Gasteiger charge is -2.27. The van der Waals surface area contributed by atoms with Crippen molar-refractivity contribution in [1.82, 2.24) is 9.80 Å². The maximum atomic E-state index is 5.41. The van der Waals surface area contributed by atoms with Gasteiger partial charge in [-0.05, 0) is 39.9 Å². The van der Waals surface area contributed by atoms with Gasteiger partial charge in [-0.3, -0.25) is 4.90 Å². The monoisotopic (exact) mass is 214 g/mol. The summed E-state index contributed by atoms with van der Waals surface area (Å²) < 4.78 is 5.41. The molecule has 0 aromatic heterocycles. The molecule has 1 aliphatic rings. The molecule has 0 spiro atoms. The van der Waals surface area contributed by atoms with Gasteiger partial charge >= 0.3 is 0 Å². The fourth-order valence-corrected chi connectivity index (χ4v) is 2.33. The van der Waals surface area contributed by atoms with E-state index in [4.69, 9.17) is 4.74 Å². The van der Waals surface area contributed by atoms with Crippen molar-refractivity contribution in [3.05, 3.63) is 0 Å². The highest BCUT2D eigenvalue weighted by atomic mass is 16.5. The summed E-state index contributed by atoms with van der Waals surface area (Å²) in [6.07, 6.45) is 4.21. The Balaban J connectivity index is 2.32. The van der Waals surface area contributed by atoms with E-state index in [9.17, 15) is 0 Å². The number of nitrogens with zero attached hydrogens (tertiary/aromatic N) is 2. The first-order chi connectivity index (χ1) is 7.17. The van der Waals surface area contributed by atoms with E-state index >= 15 is 0 Å². The van der Waals surface area contributed by atoms with Crippen LogP contribution in [0, 0.1) is 0 Å². The second kappa shape index (κ2) is 6.46. The molecule has 0 N–H and O–H groups in total. The van der Waals surface area contributed by atoms with Crippen molar-refractivity contribution < 1.29 is 4.74 Å². The van der Waals surface area contributed by atoms with Crippen LogP contribution in [0.15, 0.2) is 0 Å². The molecular formula is C12H26N2O. The predicted octanol–water partition coefficient (Wildman–Crippen LogP) is 1.44. The molecular weight excluding hydrogens is 188 g/mol. The summed E-state index contributed by atoms with van der Waals surface area (Å²) in [6, 6.07) is 0.743. The van der Waals surface area contributed by atoms with Gasteiger partial charge in [0.1, 0.15) is 0 Å². The molecule has 2 unspecified atom stereocenters. The third-order valence-corrected chi connectivity index (χ3v) is 3.41. The SMILES string of the molecule is CCC(CCN(C)C)N1CCC(OC)C1. The summed E-state index contributed by atoms with van der Waals surface area (Å²) in [5.41, 5.74) is 0. The minimum Gasteiger partial charge on any atom is -0.380 e. The van der Waals surface area contributed by atoms with E-state index in [1.165, 1.54) is 32.4 Å². The first-order valence-electron chi connectivity index (χ1n) is 6.09. The average molecular weight is 214 g/mol. The number of likely N-dealkylation sites (tertiary alicyclic amines) is 1. The number of hydrogen-bond acceptors (Lipinski definition) is 3. The lowest BCUT2D eigenvalue weighted by molar-refractivity contribution is 0.0980. The van der Waals surface area contributed by atoms with Crippen LogP contribution in [0.5, 0.6) is 0 Å². The van der Waals surface area contributed by atoms with Crippen molar-refractivity contribution in [1.29, 1.82) is 0 Å². The van der Waals surface area contributed by atoms with Gasteiger partial charge in [-0.2, -0.15) is 0 Å². The Morgan fingerprint density at radius 2 is 2.20 bits per heavy atom. The van der Waals surface area contributed by atoms with Gasteiger partial charge in [0.2, 0.25) is 0 Å². The first-order valence-corrected chi connectivity index (χ1v) is 6.09. The molecule has 1 fully saturated rings. The Hall–Kier alpha value is -0.120. The molecule has 1 rings (SSSR count). The summed E-state index contributed by atoms with van der Waals surface area (Å²) in [6.45, 7) is 5.82. The summed E-state index contributed by atoms with van der Waals surface area (Å²) in [5.74, 6) is 0. The highest BCUT2D eigenvalue weighted by Gasteiger charge is 2.26. The van der Waals surface area contributed by atoms with Gasteiger partial charge in [0.15, 0.2) is 0 Å². The fraction of sp³-hybridized carbons (Fsp3) is 1.00. The van der Waals surface area contributed by atoms with Crippen molar-refractivity contribution in [3.8, 4) is 0 Å². The minimum atomic E-state index is 0.471. The van der Waals surface area contributed by atoms with Gasteiger partial charge in [0, 0.05) is 26.2 Å². The zero-order valence-electron chi connectivity index (χ0n) is 10.7. The highest BCUT2D eigenvalue weighted by molar-refractivity contribution is 4.81. The number of methoxy groups -OCH3 is 1. The molecule has 1 aliphatic heterocycles. The normalized spacial score (nSPS) is 25.0. The van der Waals surface area contributed by atoms with Gasteiger partial charge in [-0.25, -0.2) is 0 Å². The van der Waals surface area contributed by atoms with Gasteiger partial charge in [0.05, 0.1) is 6.10 Å². The Morgan fingerprint density at radius 3 is 2.67 bits per heavy atom. The maximum Gasteiger partial charge on any atom is 0.0710 e. The molecule has 1 heterocycles. The smallest absolute Gasteiger partial charge is 0.0710 e. The molecule has 1 saturated heterocycles. The molecule has 0 aliphatic carbocycles. The van der Waals surface area contributed by atoms with Gasteiger partial charge < -0.3 is 9.64 Å². The zero-order chi connectivity index (χ0) is 11.3. The van der Waals surface area contributed by atoms with Crippen LogP contribution in [0.2, 0.25) is 0 Å². The Labute approximate surface area is 94.4 Å². The molecule has 3 heteroatoms.